The first kappa shape index (κ1) is 27.0. The molecular weight excluding hydrogens is 607 g/mol. The third-order valence-electron chi connectivity index (χ3n) is 9.12. The fourth-order valence-corrected chi connectivity index (χ4v) is 8.11. The molecule has 0 amide bonds. The molecule has 10 aromatic rings. The molecular formula is C43H25N3OS. The summed E-state index contributed by atoms with van der Waals surface area (Å²) < 4.78 is 9.34. The van der Waals surface area contributed by atoms with Gasteiger partial charge in [-0.05, 0) is 40.8 Å². The normalized spacial score (nSPS) is 11.8. The van der Waals surface area contributed by atoms with E-state index < -0.39 is 0 Å². The van der Waals surface area contributed by atoms with Crippen LogP contribution in [-0.2, 0) is 0 Å². The molecule has 7 aromatic carbocycles. The van der Waals surface area contributed by atoms with E-state index in [9.17, 15) is 0 Å². The van der Waals surface area contributed by atoms with Gasteiger partial charge in [0.1, 0.15) is 11.2 Å². The Kier molecular flexibility index (Phi) is 6.01. The lowest BCUT2D eigenvalue weighted by Crippen LogP contribution is -2.00. The minimum atomic E-state index is 0.605. The number of aromatic nitrogens is 3. The second kappa shape index (κ2) is 10.7. The van der Waals surface area contributed by atoms with E-state index in [1.807, 2.05) is 72.0 Å². The molecule has 224 valence electrons. The molecule has 3 heterocycles. The monoisotopic (exact) mass is 631 g/mol. The van der Waals surface area contributed by atoms with E-state index in [4.69, 9.17) is 19.4 Å². The largest absolute Gasteiger partial charge is 0.455 e. The van der Waals surface area contributed by atoms with Gasteiger partial charge in [0.15, 0.2) is 17.5 Å². The van der Waals surface area contributed by atoms with Crippen LogP contribution in [-0.4, -0.2) is 15.0 Å². The molecule has 3 aromatic heterocycles. The van der Waals surface area contributed by atoms with E-state index in [0.717, 1.165) is 60.5 Å². The molecule has 0 fully saturated rings. The van der Waals surface area contributed by atoms with Gasteiger partial charge in [0.25, 0.3) is 0 Å². The lowest BCUT2D eigenvalue weighted by molar-refractivity contribution is 0.673. The molecule has 48 heavy (non-hydrogen) atoms. The third kappa shape index (κ3) is 4.25. The predicted molar refractivity (Wildman–Crippen MR) is 199 cm³/mol. The Bertz CT molecular complexity index is 2780. The fourth-order valence-electron chi connectivity index (χ4n) is 6.87. The Morgan fingerprint density at radius 1 is 0.438 bits per heavy atom. The maximum absolute atomic E-state index is 6.82. The summed E-state index contributed by atoms with van der Waals surface area (Å²) >= 11 is 1.82. The van der Waals surface area contributed by atoms with E-state index in [-0.39, 0.29) is 0 Å². The number of furan rings is 1. The van der Waals surface area contributed by atoms with Crippen molar-refractivity contribution in [1.82, 2.24) is 15.0 Å². The summed E-state index contributed by atoms with van der Waals surface area (Å²) in [6.45, 7) is 0. The van der Waals surface area contributed by atoms with Crippen LogP contribution in [0.2, 0.25) is 0 Å². The zero-order valence-electron chi connectivity index (χ0n) is 25.6. The summed E-state index contributed by atoms with van der Waals surface area (Å²) in [5, 5.41) is 6.77. The molecule has 0 saturated heterocycles. The molecule has 5 heteroatoms. The van der Waals surface area contributed by atoms with Gasteiger partial charge in [-0.25, -0.2) is 15.0 Å². The number of fused-ring (bicyclic) bond motifs is 8. The van der Waals surface area contributed by atoms with E-state index >= 15 is 0 Å². The number of hydrogen-bond acceptors (Lipinski definition) is 5. The minimum absolute atomic E-state index is 0.605. The Morgan fingerprint density at radius 2 is 1.08 bits per heavy atom. The smallest absolute Gasteiger partial charge is 0.164 e. The van der Waals surface area contributed by atoms with Gasteiger partial charge < -0.3 is 4.42 Å². The second-order valence-electron chi connectivity index (χ2n) is 12.0. The third-order valence-corrected chi connectivity index (χ3v) is 10.3. The first-order chi connectivity index (χ1) is 23.8. The standard InChI is InChI=1S/C43H25N3OS/c1-3-13-27(14-4-1)41-44-42(28-15-5-2-6-16-28)46-43(45-41)35-24-29(31-19-11-20-33-32-18-9-10-21-37(32)48-40(31)33)25-36-38(35)34-23-22-26-12-7-8-17-30(26)39(34)47-36/h1-25H. The van der Waals surface area contributed by atoms with Crippen molar-refractivity contribution in [3.8, 4) is 45.3 Å². The van der Waals surface area contributed by atoms with Crippen LogP contribution in [0, 0.1) is 0 Å². The van der Waals surface area contributed by atoms with Gasteiger partial charge in [-0.3, -0.25) is 0 Å². The summed E-state index contributed by atoms with van der Waals surface area (Å²) in [7, 11) is 0. The van der Waals surface area contributed by atoms with Crippen LogP contribution >= 0.6 is 11.3 Å². The van der Waals surface area contributed by atoms with Gasteiger partial charge in [0, 0.05) is 53.0 Å². The lowest BCUT2D eigenvalue weighted by atomic mass is 9.96. The van der Waals surface area contributed by atoms with Crippen molar-refractivity contribution < 1.29 is 4.42 Å². The highest BCUT2D eigenvalue weighted by molar-refractivity contribution is 7.26. The quantitative estimate of drug-likeness (QED) is 0.194. The van der Waals surface area contributed by atoms with Gasteiger partial charge in [-0.15, -0.1) is 11.3 Å². The summed E-state index contributed by atoms with van der Waals surface area (Å²) in [4.78, 5) is 15.3. The maximum Gasteiger partial charge on any atom is 0.164 e. The maximum atomic E-state index is 6.82. The van der Waals surface area contributed by atoms with Crippen LogP contribution in [0.4, 0.5) is 0 Å². The van der Waals surface area contributed by atoms with Crippen LogP contribution in [0.3, 0.4) is 0 Å². The van der Waals surface area contributed by atoms with Crippen LogP contribution in [0.15, 0.2) is 156 Å². The Morgan fingerprint density at radius 3 is 1.85 bits per heavy atom. The molecule has 10 rings (SSSR count). The number of benzene rings is 7. The number of nitrogens with zero attached hydrogens (tertiary/aromatic N) is 3. The van der Waals surface area contributed by atoms with Crippen molar-refractivity contribution in [1.29, 1.82) is 0 Å². The molecule has 0 aliphatic heterocycles. The van der Waals surface area contributed by atoms with Crippen molar-refractivity contribution in [3.05, 3.63) is 152 Å². The van der Waals surface area contributed by atoms with Gasteiger partial charge in [-0.2, -0.15) is 0 Å². The summed E-state index contributed by atoms with van der Waals surface area (Å²) in [6.07, 6.45) is 0. The van der Waals surface area contributed by atoms with E-state index in [0.29, 0.717) is 17.5 Å². The molecule has 0 aliphatic rings. The number of thiophene rings is 1. The van der Waals surface area contributed by atoms with Gasteiger partial charge >= 0.3 is 0 Å². The van der Waals surface area contributed by atoms with Gasteiger partial charge in [0.05, 0.1) is 0 Å². The van der Waals surface area contributed by atoms with Gasteiger partial charge in [0.2, 0.25) is 0 Å². The highest BCUT2D eigenvalue weighted by Crippen LogP contribution is 2.45. The van der Waals surface area contributed by atoms with Gasteiger partial charge in [-0.1, -0.05) is 127 Å². The highest BCUT2D eigenvalue weighted by Gasteiger charge is 2.21. The molecule has 0 radical (unpaired) electrons. The van der Waals surface area contributed by atoms with Crippen molar-refractivity contribution in [2.45, 2.75) is 0 Å². The SMILES string of the molecule is c1ccc(-c2nc(-c3ccccc3)nc(-c3cc(-c4cccc5c4sc4ccccc45)cc4oc5c6ccccc6ccc5c34)n2)cc1. The summed E-state index contributed by atoms with van der Waals surface area (Å²) in [5.74, 6) is 1.86. The first-order valence-electron chi connectivity index (χ1n) is 15.9. The van der Waals surface area contributed by atoms with Crippen molar-refractivity contribution >= 4 is 64.2 Å². The average Bonchev–Trinajstić information content (AvgIpc) is 3.74. The molecule has 0 unspecified atom stereocenters. The van der Waals surface area contributed by atoms with Crippen LogP contribution < -0.4 is 0 Å². The van der Waals surface area contributed by atoms with Crippen molar-refractivity contribution in [2.24, 2.45) is 0 Å². The zero-order valence-corrected chi connectivity index (χ0v) is 26.4. The fraction of sp³-hybridized carbons (Fsp3) is 0. The van der Waals surface area contributed by atoms with Crippen LogP contribution in [0.1, 0.15) is 0 Å². The Hall–Kier alpha value is -6.17. The van der Waals surface area contributed by atoms with Crippen LogP contribution in [0.25, 0.3) is 98.2 Å². The first-order valence-corrected chi connectivity index (χ1v) is 16.8. The topological polar surface area (TPSA) is 51.8 Å². The highest BCUT2D eigenvalue weighted by atomic mass is 32.1. The lowest BCUT2D eigenvalue weighted by Gasteiger charge is -2.11. The summed E-state index contributed by atoms with van der Waals surface area (Å²) in [5.41, 5.74) is 6.65. The average molecular weight is 632 g/mol. The number of rotatable bonds is 4. The Balaban J connectivity index is 1.32. The summed E-state index contributed by atoms with van der Waals surface area (Å²) in [6, 6.07) is 52.6. The van der Waals surface area contributed by atoms with Crippen molar-refractivity contribution in [2.75, 3.05) is 0 Å². The zero-order chi connectivity index (χ0) is 31.6. The molecule has 0 bridgehead atoms. The molecule has 0 saturated carbocycles. The van der Waals surface area contributed by atoms with E-state index in [2.05, 4.69) is 91.0 Å². The molecule has 0 aliphatic carbocycles. The van der Waals surface area contributed by atoms with E-state index in [1.54, 1.807) is 0 Å². The molecule has 0 N–H and O–H groups in total. The Labute approximate surface area is 279 Å². The predicted octanol–water partition coefficient (Wildman–Crippen LogP) is 12.0. The van der Waals surface area contributed by atoms with Crippen LogP contribution in [0.5, 0.6) is 0 Å². The van der Waals surface area contributed by atoms with E-state index in [1.165, 1.54) is 20.2 Å². The molecule has 0 spiro atoms. The molecule has 4 nitrogen and oxygen atoms in total. The second-order valence-corrected chi connectivity index (χ2v) is 13.0. The minimum Gasteiger partial charge on any atom is -0.455 e. The van der Waals surface area contributed by atoms with Crippen molar-refractivity contribution in [3.63, 3.8) is 0 Å². The number of hydrogen-bond donors (Lipinski definition) is 0. The molecule has 0 atom stereocenters.